The van der Waals surface area contributed by atoms with Gasteiger partial charge >= 0.3 is 6.09 Å². The summed E-state index contributed by atoms with van der Waals surface area (Å²) in [6.07, 6.45) is -0.543. The molecule has 0 atom stereocenters. The van der Waals surface area contributed by atoms with Crippen LogP contribution in [0, 0.1) is 0 Å². The van der Waals surface area contributed by atoms with Gasteiger partial charge in [-0.1, -0.05) is 19.1 Å². The number of carbonyl (C=O) groups excluding carboxylic acids is 1. The molecule has 88 valence electrons. The Kier molecular flexibility index (Phi) is 5.74. The van der Waals surface area contributed by atoms with Crippen LogP contribution >= 0.6 is 11.8 Å². The van der Waals surface area contributed by atoms with Crippen molar-refractivity contribution < 1.29 is 14.6 Å². The van der Waals surface area contributed by atoms with Crippen molar-refractivity contribution >= 4 is 23.5 Å². The Labute approximate surface area is 99.0 Å². The number of nitrogens with one attached hydrogen (secondary N) is 1. The molecule has 2 N–H and O–H groups in total. The highest BCUT2D eigenvalue weighted by atomic mass is 32.2. The Hall–Kier alpha value is -1.20. The average Bonchev–Trinajstić information content (AvgIpc) is 2.29. The molecular formula is C11H15NO3S. The van der Waals surface area contributed by atoms with Crippen LogP contribution < -0.4 is 5.32 Å². The first-order valence-corrected chi connectivity index (χ1v) is 6.03. The van der Waals surface area contributed by atoms with E-state index in [0.29, 0.717) is 0 Å². The molecule has 0 heterocycles. The Bertz CT molecular complexity index is 344. The molecule has 0 fully saturated rings. The molecule has 0 aliphatic heterocycles. The molecule has 1 rings (SSSR count). The number of hydrogen-bond donors (Lipinski definition) is 2. The van der Waals surface area contributed by atoms with Gasteiger partial charge in [0.15, 0.2) is 0 Å². The lowest BCUT2D eigenvalue weighted by molar-refractivity contribution is 0.131. The third kappa shape index (κ3) is 4.12. The van der Waals surface area contributed by atoms with Gasteiger partial charge in [-0.2, -0.15) is 0 Å². The summed E-state index contributed by atoms with van der Waals surface area (Å²) >= 11 is 1.65. The van der Waals surface area contributed by atoms with Gasteiger partial charge in [-0.3, -0.25) is 5.32 Å². The normalized spacial score (nSPS) is 9.88. The average molecular weight is 241 g/mol. The fraction of sp³-hybridized carbons (Fsp3) is 0.364. The zero-order valence-electron chi connectivity index (χ0n) is 9.10. The van der Waals surface area contributed by atoms with E-state index in [1.165, 1.54) is 0 Å². The lowest BCUT2D eigenvalue weighted by atomic mass is 10.3. The van der Waals surface area contributed by atoms with Gasteiger partial charge in [-0.25, -0.2) is 4.79 Å². The first-order chi connectivity index (χ1) is 7.77. The fourth-order valence-corrected chi connectivity index (χ4v) is 1.90. The van der Waals surface area contributed by atoms with Gasteiger partial charge in [0.2, 0.25) is 0 Å². The quantitative estimate of drug-likeness (QED) is 0.777. The molecule has 0 saturated carbocycles. The van der Waals surface area contributed by atoms with Gasteiger partial charge in [-0.05, 0) is 17.9 Å². The van der Waals surface area contributed by atoms with E-state index in [0.717, 1.165) is 16.3 Å². The van der Waals surface area contributed by atoms with Crippen LogP contribution in [0.3, 0.4) is 0 Å². The van der Waals surface area contributed by atoms with Gasteiger partial charge in [0.1, 0.15) is 6.61 Å². The highest BCUT2D eigenvalue weighted by molar-refractivity contribution is 7.99. The summed E-state index contributed by atoms with van der Waals surface area (Å²) < 4.78 is 4.72. The van der Waals surface area contributed by atoms with Crippen LogP contribution in [0.25, 0.3) is 0 Å². The SMILES string of the molecule is CCSc1ccccc1NC(=O)OCCO. The maximum atomic E-state index is 11.3. The molecule has 0 aliphatic carbocycles. The highest BCUT2D eigenvalue weighted by Crippen LogP contribution is 2.26. The van der Waals surface area contributed by atoms with Crippen LogP contribution in [-0.4, -0.2) is 30.2 Å². The van der Waals surface area contributed by atoms with Crippen molar-refractivity contribution in [3.05, 3.63) is 24.3 Å². The van der Waals surface area contributed by atoms with E-state index in [9.17, 15) is 4.79 Å². The topological polar surface area (TPSA) is 58.6 Å². The smallest absolute Gasteiger partial charge is 0.411 e. The highest BCUT2D eigenvalue weighted by Gasteiger charge is 2.06. The van der Waals surface area contributed by atoms with Crippen molar-refractivity contribution in [3.63, 3.8) is 0 Å². The van der Waals surface area contributed by atoms with E-state index in [4.69, 9.17) is 9.84 Å². The second-order valence-corrected chi connectivity index (χ2v) is 4.22. The summed E-state index contributed by atoms with van der Waals surface area (Å²) in [4.78, 5) is 12.3. The maximum Gasteiger partial charge on any atom is 0.411 e. The van der Waals surface area contributed by atoms with Crippen molar-refractivity contribution in [2.45, 2.75) is 11.8 Å². The fourth-order valence-electron chi connectivity index (χ4n) is 1.14. The maximum absolute atomic E-state index is 11.3. The number of amides is 1. The molecule has 5 heteroatoms. The number of ether oxygens (including phenoxy) is 1. The third-order valence-electron chi connectivity index (χ3n) is 1.75. The molecule has 4 nitrogen and oxygen atoms in total. The van der Waals surface area contributed by atoms with Crippen molar-refractivity contribution in [2.75, 3.05) is 24.3 Å². The lowest BCUT2D eigenvalue weighted by Crippen LogP contribution is -2.16. The van der Waals surface area contributed by atoms with Crippen molar-refractivity contribution in [1.29, 1.82) is 0 Å². The second kappa shape index (κ2) is 7.14. The standard InChI is InChI=1S/C11H15NO3S/c1-2-16-10-6-4-3-5-9(10)12-11(14)15-8-7-13/h3-6,13H,2,7-8H2,1H3,(H,12,14). The Balaban J connectivity index is 2.61. The first kappa shape index (κ1) is 12.9. The number of carbonyl (C=O) groups is 1. The zero-order chi connectivity index (χ0) is 11.8. The molecular weight excluding hydrogens is 226 g/mol. The largest absolute Gasteiger partial charge is 0.447 e. The molecule has 1 aromatic carbocycles. The molecule has 1 amide bonds. The van der Waals surface area contributed by atoms with Gasteiger partial charge in [0, 0.05) is 4.90 Å². The minimum Gasteiger partial charge on any atom is -0.447 e. The molecule has 16 heavy (non-hydrogen) atoms. The number of hydrogen-bond acceptors (Lipinski definition) is 4. The minimum absolute atomic E-state index is 0.00885. The van der Waals surface area contributed by atoms with Crippen molar-refractivity contribution in [3.8, 4) is 0 Å². The van der Waals surface area contributed by atoms with Crippen LogP contribution in [0.15, 0.2) is 29.2 Å². The lowest BCUT2D eigenvalue weighted by Gasteiger charge is -2.09. The zero-order valence-corrected chi connectivity index (χ0v) is 9.92. The van der Waals surface area contributed by atoms with E-state index >= 15 is 0 Å². The molecule has 1 aromatic rings. The number of benzene rings is 1. The van der Waals surface area contributed by atoms with E-state index in [-0.39, 0.29) is 13.2 Å². The number of anilines is 1. The molecule has 0 radical (unpaired) electrons. The summed E-state index contributed by atoms with van der Waals surface area (Å²) in [5, 5.41) is 11.1. The Morgan fingerprint density at radius 1 is 1.50 bits per heavy atom. The van der Waals surface area contributed by atoms with E-state index in [2.05, 4.69) is 5.32 Å². The Morgan fingerprint density at radius 2 is 2.25 bits per heavy atom. The summed E-state index contributed by atoms with van der Waals surface area (Å²) in [5.74, 6) is 0.935. The third-order valence-corrected chi connectivity index (χ3v) is 2.70. The van der Waals surface area contributed by atoms with Crippen LogP contribution in [0.1, 0.15) is 6.92 Å². The van der Waals surface area contributed by atoms with Crippen LogP contribution in [0.4, 0.5) is 10.5 Å². The monoisotopic (exact) mass is 241 g/mol. The Morgan fingerprint density at radius 3 is 2.94 bits per heavy atom. The second-order valence-electron chi connectivity index (χ2n) is 2.91. The predicted molar refractivity (Wildman–Crippen MR) is 64.9 cm³/mol. The van der Waals surface area contributed by atoms with Crippen molar-refractivity contribution in [1.82, 2.24) is 0 Å². The number of thioether (sulfide) groups is 1. The van der Waals surface area contributed by atoms with Gasteiger partial charge in [0.25, 0.3) is 0 Å². The van der Waals surface area contributed by atoms with E-state index in [1.54, 1.807) is 11.8 Å². The predicted octanol–water partition coefficient (Wildman–Crippen LogP) is 2.34. The van der Waals surface area contributed by atoms with Gasteiger partial charge in [-0.15, -0.1) is 11.8 Å². The molecule has 0 spiro atoms. The minimum atomic E-state index is -0.543. The molecule has 0 aromatic heterocycles. The molecule has 0 bridgehead atoms. The number of para-hydroxylation sites is 1. The van der Waals surface area contributed by atoms with E-state index in [1.807, 2.05) is 31.2 Å². The first-order valence-electron chi connectivity index (χ1n) is 5.04. The van der Waals surface area contributed by atoms with Gasteiger partial charge < -0.3 is 9.84 Å². The number of aliphatic hydroxyl groups excluding tert-OH is 1. The van der Waals surface area contributed by atoms with E-state index < -0.39 is 6.09 Å². The van der Waals surface area contributed by atoms with Crippen LogP contribution in [0.2, 0.25) is 0 Å². The van der Waals surface area contributed by atoms with Gasteiger partial charge in [0.05, 0.1) is 12.3 Å². The summed E-state index contributed by atoms with van der Waals surface area (Å²) in [6, 6.07) is 7.53. The molecule has 0 saturated heterocycles. The van der Waals surface area contributed by atoms with Crippen molar-refractivity contribution in [2.24, 2.45) is 0 Å². The number of aliphatic hydroxyl groups is 1. The summed E-state index contributed by atoms with van der Waals surface area (Å²) in [5.41, 5.74) is 0.734. The summed E-state index contributed by atoms with van der Waals surface area (Å²) in [6.45, 7) is 1.89. The molecule has 0 aliphatic rings. The van der Waals surface area contributed by atoms with Crippen LogP contribution in [-0.2, 0) is 4.74 Å². The molecule has 0 unspecified atom stereocenters. The number of rotatable bonds is 5. The van der Waals surface area contributed by atoms with Crippen LogP contribution in [0.5, 0.6) is 0 Å². The summed E-state index contributed by atoms with van der Waals surface area (Å²) in [7, 11) is 0.